The molecular weight excluding hydrogens is 200 g/mol. The van der Waals surface area contributed by atoms with Gasteiger partial charge in [-0.25, -0.2) is 8.42 Å². The van der Waals surface area contributed by atoms with E-state index in [4.69, 9.17) is 5.73 Å². The number of sulfonamides is 1. The number of nitrogens with zero attached hydrogens (tertiary/aromatic N) is 1. The van der Waals surface area contributed by atoms with Gasteiger partial charge in [0, 0.05) is 19.1 Å². The van der Waals surface area contributed by atoms with Gasteiger partial charge in [-0.2, -0.15) is 4.31 Å². The monoisotopic (exact) mass is 218 g/mol. The second kappa shape index (κ2) is 3.79. The SMILES string of the molecule is NCCS(=O)(=O)N1CCC2CCCC21. The first-order valence-corrected chi connectivity index (χ1v) is 6.95. The standard InChI is InChI=1S/C9H18N2O2S/c10-5-7-14(12,13)11-6-4-8-2-1-3-9(8)11/h8-9H,1-7,10H2. The van der Waals surface area contributed by atoms with Gasteiger partial charge in [0.15, 0.2) is 0 Å². The molecule has 1 aliphatic carbocycles. The van der Waals surface area contributed by atoms with E-state index < -0.39 is 10.0 Å². The second-order valence-electron chi connectivity index (χ2n) is 4.26. The van der Waals surface area contributed by atoms with Gasteiger partial charge in [0.05, 0.1) is 5.75 Å². The molecule has 5 heteroatoms. The highest BCUT2D eigenvalue weighted by Gasteiger charge is 2.42. The highest BCUT2D eigenvalue weighted by Crippen LogP contribution is 2.39. The van der Waals surface area contributed by atoms with Crippen molar-refractivity contribution in [3.05, 3.63) is 0 Å². The van der Waals surface area contributed by atoms with Crippen LogP contribution >= 0.6 is 0 Å². The largest absolute Gasteiger partial charge is 0.329 e. The van der Waals surface area contributed by atoms with Crippen LogP contribution in [-0.2, 0) is 10.0 Å². The van der Waals surface area contributed by atoms with Crippen molar-refractivity contribution in [1.29, 1.82) is 0 Å². The third-order valence-electron chi connectivity index (χ3n) is 3.44. The number of hydrogen-bond donors (Lipinski definition) is 1. The van der Waals surface area contributed by atoms with Crippen molar-refractivity contribution in [2.75, 3.05) is 18.8 Å². The molecule has 0 bridgehead atoms. The van der Waals surface area contributed by atoms with Gasteiger partial charge in [-0.15, -0.1) is 0 Å². The Bertz CT molecular complexity index is 302. The van der Waals surface area contributed by atoms with Gasteiger partial charge >= 0.3 is 0 Å². The Hall–Kier alpha value is -0.130. The van der Waals surface area contributed by atoms with Gasteiger partial charge in [-0.3, -0.25) is 0 Å². The first-order valence-electron chi connectivity index (χ1n) is 5.35. The minimum Gasteiger partial charge on any atom is -0.329 e. The van der Waals surface area contributed by atoms with E-state index in [9.17, 15) is 8.42 Å². The van der Waals surface area contributed by atoms with Gasteiger partial charge in [-0.1, -0.05) is 6.42 Å². The summed E-state index contributed by atoms with van der Waals surface area (Å²) in [4.78, 5) is 0. The quantitative estimate of drug-likeness (QED) is 0.733. The predicted octanol–water partition coefficient (Wildman–Crippen LogP) is 0.149. The molecule has 2 rings (SSSR count). The molecule has 0 radical (unpaired) electrons. The number of fused-ring (bicyclic) bond motifs is 1. The van der Waals surface area contributed by atoms with Crippen molar-refractivity contribution >= 4 is 10.0 Å². The minimum absolute atomic E-state index is 0.107. The molecule has 2 unspecified atom stereocenters. The number of rotatable bonds is 3. The number of nitrogens with two attached hydrogens (primary N) is 1. The van der Waals surface area contributed by atoms with Gasteiger partial charge in [0.2, 0.25) is 10.0 Å². The van der Waals surface area contributed by atoms with Crippen molar-refractivity contribution in [2.45, 2.75) is 31.7 Å². The molecule has 1 heterocycles. The van der Waals surface area contributed by atoms with E-state index in [2.05, 4.69) is 0 Å². The van der Waals surface area contributed by atoms with Gasteiger partial charge < -0.3 is 5.73 Å². The molecule has 2 fully saturated rings. The normalized spacial score (nSPS) is 33.5. The van der Waals surface area contributed by atoms with Crippen molar-refractivity contribution < 1.29 is 8.42 Å². The van der Waals surface area contributed by atoms with Crippen LogP contribution in [0.15, 0.2) is 0 Å². The summed E-state index contributed by atoms with van der Waals surface area (Å²) in [5.74, 6) is 0.735. The minimum atomic E-state index is -3.06. The van der Waals surface area contributed by atoms with E-state index in [1.807, 2.05) is 0 Å². The van der Waals surface area contributed by atoms with Crippen LogP contribution in [0.1, 0.15) is 25.7 Å². The Morgan fingerprint density at radius 2 is 2.07 bits per heavy atom. The van der Waals surface area contributed by atoms with Crippen molar-refractivity contribution in [1.82, 2.24) is 4.31 Å². The molecule has 0 aromatic carbocycles. The van der Waals surface area contributed by atoms with Crippen LogP contribution in [0.25, 0.3) is 0 Å². The van der Waals surface area contributed by atoms with Crippen LogP contribution in [-0.4, -0.2) is 37.6 Å². The topological polar surface area (TPSA) is 63.4 Å². The van der Waals surface area contributed by atoms with E-state index in [1.165, 1.54) is 12.8 Å². The summed E-state index contributed by atoms with van der Waals surface area (Å²) in [6.45, 7) is 0.952. The average molecular weight is 218 g/mol. The van der Waals surface area contributed by atoms with Gasteiger partial charge in [-0.05, 0) is 25.2 Å². The molecular formula is C9H18N2O2S. The summed E-state index contributed by atoms with van der Waals surface area (Å²) in [6.07, 6.45) is 4.49. The fourth-order valence-corrected chi connectivity index (χ4v) is 4.41. The lowest BCUT2D eigenvalue weighted by molar-refractivity contribution is 0.367. The van der Waals surface area contributed by atoms with Gasteiger partial charge in [0.1, 0.15) is 0 Å². The molecule has 0 aromatic rings. The van der Waals surface area contributed by atoms with Crippen LogP contribution in [0.3, 0.4) is 0 Å². The lowest BCUT2D eigenvalue weighted by Gasteiger charge is -2.22. The maximum Gasteiger partial charge on any atom is 0.215 e. The Morgan fingerprint density at radius 1 is 1.29 bits per heavy atom. The third kappa shape index (κ3) is 1.68. The zero-order valence-corrected chi connectivity index (χ0v) is 9.17. The van der Waals surface area contributed by atoms with E-state index in [-0.39, 0.29) is 12.3 Å². The second-order valence-corrected chi connectivity index (χ2v) is 6.30. The van der Waals surface area contributed by atoms with Crippen LogP contribution in [0, 0.1) is 5.92 Å². The molecule has 14 heavy (non-hydrogen) atoms. The molecule has 0 amide bonds. The summed E-state index contributed by atoms with van der Waals surface area (Å²) in [6, 6.07) is 0.298. The Balaban J connectivity index is 2.12. The Morgan fingerprint density at radius 3 is 2.79 bits per heavy atom. The summed E-state index contributed by atoms with van der Waals surface area (Å²) >= 11 is 0. The summed E-state index contributed by atoms with van der Waals surface area (Å²) in [5, 5.41) is 0. The van der Waals surface area contributed by atoms with Crippen LogP contribution in [0.2, 0.25) is 0 Å². The highest BCUT2D eigenvalue weighted by molar-refractivity contribution is 7.89. The van der Waals surface area contributed by atoms with E-state index in [1.54, 1.807) is 4.31 Å². The summed E-state index contributed by atoms with van der Waals surface area (Å²) in [7, 11) is -3.06. The maximum absolute atomic E-state index is 11.8. The Labute approximate surface area is 85.5 Å². The zero-order valence-electron chi connectivity index (χ0n) is 8.35. The van der Waals surface area contributed by atoms with E-state index >= 15 is 0 Å². The van der Waals surface area contributed by atoms with Crippen LogP contribution in [0.4, 0.5) is 0 Å². The fourth-order valence-electron chi connectivity index (χ4n) is 2.80. The molecule has 4 nitrogen and oxygen atoms in total. The molecule has 1 aliphatic heterocycles. The maximum atomic E-state index is 11.8. The third-order valence-corrected chi connectivity index (χ3v) is 5.36. The molecule has 0 spiro atoms. The fraction of sp³-hybridized carbons (Fsp3) is 1.00. The molecule has 82 valence electrons. The van der Waals surface area contributed by atoms with Crippen molar-refractivity contribution in [2.24, 2.45) is 11.7 Å². The smallest absolute Gasteiger partial charge is 0.215 e. The molecule has 1 saturated heterocycles. The van der Waals surface area contributed by atoms with E-state index in [0.717, 1.165) is 19.4 Å². The van der Waals surface area contributed by atoms with Gasteiger partial charge in [0.25, 0.3) is 0 Å². The zero-order chi connectivity index (χ0) is 10.2. The first-order chi connectivity index (χ1) is 6.65. The lowest BCUT2D eigenvalue weighted by atomic mass is 10.1. The van der Waals surface area contributed by atoms with Crippen LogP contribution in [0.5, 0.6) is 0 Å². The predicted molar refractivity (Wildman–Crippen MR) is 55.3 cm³/mol. The molecule has 2 N–H and O–H groups in total. The molecule has 2 aliphatic rings. The first kappa shape index (κ1) is 10.4. The summed E-state index contributed by atoms with van der Waals surface area (Å²) in [5.41, 5.74) is 5.31. The van der Waals surface area contributed by atoms with E-state index in [0.29, 0.717) is 12.0 Å². The molecule has 1 saturated carbocycles. The Kier molecular flexibility index (Phi) is 2.81. The van der Waals surface area contributed by atoms with Crippen molar-refractivity contribution in [3.8, 4) is 0 Å². The van der Waals surface area contributed by atoms with Crippen molar-refractivity contribution in [3.63, 3.8) is 0 Å². The highest BCUT2D eigenvalue weighted by atomic mass is 32.2. The number of hydrogen-bond acceptors (Lipinski definition) is 3. The van der Waals surface area contributed by atoms with Crippen LogP contribution < -0.4 is 5.73 Å². The summed E-state index contributed by atoms with van der Waals surface area (Å²) < 4.78 is 25.3. The average Bonchev–Trinajstić information content (AvgIpc) is 2.60. The lowest BCUT2D eigenvalue weighted by Crippen LogP contribution is -2.39. The molecule has 2 atom stereocenters. The molecule has 0 aromatic heterocycles.